The molecule has 38 heavy (non-hydrogen) atoms. The number of carbonyl (C=O) groups is 2. The molecule has 0 bridgehead atoms. The van der Waals surface area contributed by atoms with Crippen LogP contribution in [0.2, 0.25) is 0 Å². The number of anilines is 1. The molecule has 2 aromatic carbocycles. The summed E-state index contributed by atoms with van der Waals surface area (Å²) in [6.07, 6.45) is 1.57. The number of hydrogen-bond donors (Lipinski definition) is 1. The van der Waals surface area contributed by atoms with Crippen LogP contribution in [0.15, 0.2) is 71.4 Å². The number of thiazole rings is 2. The first-order valence-electron chi connectivity index (χ1n) is 12.0. The van der Waals surface area contributed by atoms with Gasteiger partial charge in [0.25, 0.3) is 5.91 Å². The third kappa shape index (κ3) is 4.80. The lowest BCUT2D eigenvalue weighted by atomic mass is 9.95. The summed E-state index contributed by atoms with van der Waals surface area (Å²) in [7, 11) is 0. The predicted molar refractivity (Wildman–Crippen MR) is 146 cm³/mol. The number of aliphatic hydroxyl groups is 1. The van der Waals surface area contributed by atoms with Crippen molar-refractivity contribution in [2.24, 2.45) is 0 Å². The van der Waals surface area contributed by atoms with Gasteiger partial charge in [-0.1, -0.05) is 36.4 Å². The molecule has 4 aromatic rings. The zero-order valence-corrected chi connectivity index (χ0v) is 22.6. The Kier molecular flexibility index (Phi) is 7.26. The molecule has 1 unspecified atom stereocenters. The van der Waals surface area contributed by atoms with Gasteiger partial charge in [0.2, 0.25) is 5.78 Å². The van der Waals surface area contributed by atoms with Crippen molar-refractivity contribution in [1.29, 1.82) is 0 Å². The Balaban J connectivity index is 1.58. The SMILES string of the molecule is CCOc1cc(C2C(C(=O)c3sc(C)nc3C)=C(O)C(=O)N2c2nccs2)ccc1OCc1ccccc1. The van der Waals surface area contributed by atoms with E-state index in [1.54, 1.807) is 36.7 Å². The average Bonchev–Trinajstić information content (AvgIpc) is 3.62. The molecule has 1 aliphatic heterocycles. The van der Waals surface area contributed by atoms with Crippen molar-refractivity contribution < 1.29 is 24.2 Å². The summed E-state index contributed by atoms with van der Waals surface area (Å²) in [5.41, 5.74) is 2.12. The second-order valence-electron chi connectivity index (χ2n) is 8.54. The molecular formula is C28H25N3O5S2. The van der Waals surface area contributed by atoms with E-state index in [1.807, 2.05) is 44.2 Å². The molecule has 1 atom stereocenters. The Morgan fingerprint density at radius 1 is 1.11 bits per heavy atom. The summed E-state index contributed by atoms with van der Waals surface area (Å²) in [6, 6.07) is 14.1. The number of carbonyl (C=O) groups excluding carboxylic acids is 2. The van der Waals surface area contributed by atoms with Crippen LogP contribution in [0.25, 0.3) is 0 Å². The Hall–Kier alpha value is -4.02. The van der Waals surface area contributed by atoms with E-state index in [9.17, 15) is 14.7 Å². The lowest BCUT2D eigenvalue weighted by Crippen LogP contribution is -2.31. The van der Waals surface area contributed by atoms with Crippen molar-refractivity contribution in [3.05, 3.63) is 98.1 Å². The predicted octanol–water partition coefficient (Wildman–Crippen LogP) is 5.98. The topological polar surface area (TPSA) is 102 Å². The van der Waals surface area contributed by atoms with Crippen LogP contribution in [0, 0.1) is 13.8 Å². The Labute approximate surface area is 227 Å². The number of aromatic nitrogens is 2. The van der Waals surface area contributed by atoms with Gasteiger partial charge in [-0.05, 0) is 44.0 Å². The third-order valence-electron chi connectivity index (χ3n) is 6.01. The third-order valence-corrected chi connectivity index (χ3v) is 7.85. The number of hydrogen-bond acceptors (Lipinski definition) is 9. The largest absolute Gasteiger partial charge is 0.503 e. The van der Waals surface area contributed by atoms with Gasteiger partial charge in [0.1, 0.15) is 6.61 Å². The number of ether oxygens (including phenoxy) is 2. The van der Waals surface area contributed by atoms with E-state index < -0.39 is 23.5 Å². The highest BCUT2D eigenvalue weighted by Crippen LogP contribution is 2.45. The van der Waals surface area contributed by atoms with Crippen LogP contribution < -0.4 is 14.4 Å². The molecule has 0 radical (unpaired) electrons. The normalized spacial score (nSPS) is 15.3. The van der Waals surface area contributed by atoms with Gasteiger partial charge in [-0.3, -0.25) is 14.5 Å². The number of aryl methyl sites for hydroxylation is 2. The number of nitrogens with zero attached hydrogens (tertiary/aromatic N) is 3. The molecular weight excluding hydrogens is 522 g/mol. The summed E-state index contributed by atoms with van der Waals surface area (Å²) in [5, 5.41) is 13.8. The molecule has 0 spiro atoms. The number of benzene rings is 2. The first-order chi connectivity index (χ1) is 18.4. The smallest absolute Gasteiger partial charge is 0.296 e. The number of ketones is 1. The van der Waals surface area contributed by atoms with E-state index in [0.717, 1.165) is 10.6 Å². The highest BCUT2D eigenvalue weighted by Gasteiger charge is 2.46. The molecule has 1 amide bonds. The van der Waals surface area contributed by atoms with Gasteiger partial charge < -0.3 is 14.6 Å². The van der Waals surface area contributed by atoms with E-state index in [1.165, 1.54) is 27.6 Å². The molecule has 10 heteroatoms. The van der Waals surface area contributed by atoms with Crippen LogP contribution in [0.1, 0.15) is 44.5 Å². The van der Waals surface area contributed by atoms with Gasteiger partial charge in [-0.25, -0.2) is 9.97 Å². The van der Waals surface area contributed by atoms with Crippen LogP contribution in [-0.2, 0) is 11.4 Å². The molecule has 8 nitrogen and oxygen atoms in total. The molecule has 1 aliphatic rings. The van der Waals surface area contributed by atoms with E-state index in [2.05, 4.69) is 9.97 Å². The maximum Gasteiger partial charge on any atom is 0.296 e. The number of aliphatic hydroxyl groups excluding tert-OH is 1. The van der Waals surface area contributed by atoms with Crippen LogP contribution >= 0.6 is 22.7 Å². The van der Waals surface area contributed by atoms with Gasteiger partial charge in [-0.15, -0.1) is 22.7 Å². The highest BCUT2D eigenvalue weighted by molar-refractivity contribution is 7.14. The summed E-state index contributed by atoms with van der Waals surface area (Å²) >= 11 is 2.48. The average molecular weight is 548 g/mol. The molecule has 0 fully saturated rings. The molecule has 3 heterocycles. The minimum atomic E-state index is -0.912. The Morgan fingerprint density at radius 3 is 2.55 bits per heavy atom. The van der Waals surface area contributed by atoms with Gasteiger partial charge in [0.15, 0.2) is 22.4 Å². The minimum Gasteiger partial charge on any atom is -0.503 e. The lowest BCUT2D eigenvalue weighted by molar-refractivity contribution is -0.117. The molecule has 2 aromatic heterocycles. The van der Waals surface area contributed by atoms with Crippen molar-refractivity contribution in [1.82, 2.24) is 9.97 Å². The molecule has 0 aliphatic carbocycles. The van der Waals surface area contributed by atoms with Crippen molar-refractivity contribution >= 4 is 39.5 Å². The van der Waals surface area contributed by atoms with Gasteiger partial charge in [-0.2, -0.15) is 0 Å². The Morgan fingerprint density at radius 2 is 1.89 bits per heavy atom. The zero-order chi connectivity index (χ0) is 26.8. The fourth-order valence-corrected chi connectivity index (χ4v) is 5.91. The molecule has 194 valence electrons. The number of rotatable bonds is 9. The zero-order valence-electron chi connectivity index (χ0n) is 21.0. The summed E-state index contributed by atoms with van der Waals surface area (Å²) < 4.78 is 11.9. The maximum atomic E-state index is 13.8. The molecule has 0 saturated heterocycles. The van der Waals surface area contributed by atoms with E-state index in [0.29, 0.717) is 46.0 Å². The van der Waals surface area contributed by atoms with E-state index in [4.69, 9.17) is 9.47 Å². The van der Waals surface area contributed by atoms with Crippen LogP contribution in [-0.4, -0.2) is 33.4 Å². The van der Waals surface area contributed by atoms with Gasteiger partial charge in [0.05, 0.1) is 33.8 Å². The van der Waals surface area contributed by atoms with Crippen LogP contribution in [0.3, 0.4) is 0 Å². The molecule has 1 N–H and O–H groups in total. The number of amides is 1. The van der Waals surface area contributed by atoms with Crippen LogP contribution in [0.4, 0.5) is 5.13 Å². The van der Waals surface area contributed by atoms with Crippen molar-refractivity contribution in [3.63, 3.8) is 0 Å². The van der Waals surface area contributed by atoms with Crippen LogP contribution in [0.5, 0.6) is 11.5 Å². The maximum absolute atomic E-state index is 13.8. The second kappa shape index (κ2) is 10.8. The summed E-state index contributed by atoms with van der Waals surface area (Å²) in [5.74, 6) is -0.724. The lowest BCUT2D eigenvalue weighted by Gasteiger charge is -2.25. The fraction of sp³-hybridized carbons (Fsp3) is 0.214. The standard InChI is InChI=1S/C28H25N3O5S2/c1-4-35-21-14-19(10-11-20(21)36-15-18-8-6-5-7-9-18)23-22(24(32)26-16(2)30-17(3)38-26)25(33)27(34)31(23)28-29-12-13-37-28/h5-14,23,33H,4,15H2,1-3H3. The van der Waals surface area contributed by atoms with E-state index in [-0.39, 0.29) is 5.57 Å². The highest BCUT2D eigenvalue weighted by atomic mass is 32.1. The quantitative estimate of drug-likeness (QED) is 0.257. The van der Waals surface area contributed by atoms with Crippen molar-refractivity contribution in [2.45, 2.75) is 33.4 Å². The van der Waals surface area contributed by atoms with Gasteiger partial charge in [0, 0.05) is 11.6 Å². The van der Waals surface area contributed by atoms with Crippen molar-refractivity contribution in [3.8, 4) is 11.5 Å². The monoisotopic (exact) mass is 547 g/mol. The second-order valence-corrected chi connectivity index (χ2v) is 10.6. The first kappa shape index (κ1) is 25.6. The minimum absolute atomic E-state index is 0.0163. The fourth-order valence-electron chi connectivity index (χ4n) is 4.37. The summed E-state index contributed by atoms with van der Waals surface area (Å²) in [6.45, 7) is 6.15. The van der Waals surface area contributed by atoms with Crippen molar-refractivity contribution in [2.75, 3.05) is 11.5 Å². The first-order valence-corrected chi connectivity index (χ1v) is 13.7. The number of Topliss-reactive ketones (excluding diaryl/α,β-unsaturated/α-hetero) is 1. The van der Waals surface area contributed by atoms with E-state index >= 15 is 0 Å². The summed E-state index contributed by atoms with van der Waals surface area (Å²) in [4.78, 5) is 37.5. The molecule has 5 rings (SSSR count). The molecule has 0 saturated carbocycles. The van der Waals surface area contributed by atoms with Gasteiger partial charge >= 0.3 is 0 Å². The Bertz CT molecular complexity index is 1510.